The van der Waals surface area contributed by atoms with Gasteiger partial charge in [-0.15, -0.1) is 0 Å². The standard InChI is InChI=1S/C17H20N4OS/c22-16(10-23-17-18-11-19-20-17)21(13-8-9-13)15-7-3-5-12-4-1-2-6-14(12)15/h1-2,4,6,11,13,15H,3,5,7-10H2,(H,18,19,20)/t15-/m0/s1. The summed E-state index contributed by atoms with van der Waals surface area (Å²) in [5.41, 5.74) is 2.76. The van der Waals surface area contributed by atoms with Crippen LogP contribution in [0.2, 0.25) is 0 Å². The molecule has 1 aromatic carbocycles. The van der Waals surface area contributed by atoms with Crippen molar-refractivity contribution in [1.82, 2.24) is 20.1 Å². The molecule has 120 valence electrons. The highest BCUT2D eigenvalue weighted by atomic mass is 32.2. The molecule has 6 heteroatoms. The van der Waals surface area contributed by atoms with E-state index in [1.165, 1.54) is 29.2 Å². The molecular formula is C17H20N4OS. The van der Waals surface area contributed by atoms with Crippen LogP contribution >= 0.6 is 11.8 Å². The van der Waals surface area contributed by atoms with E-state index >= 15 is 0 Å². The molecule has 0 saturated heterocycles. The van der Waals surface area contributed by atoms with Crippen molar-refractivity contribution in [3.05, 3.63) is 41.7 Å². The zero-order valence-electron chi connectivity index (χ0n) is 12.9. The van der Waals surface area contributed by atoms with Gasteiger partial charge in [-0.1, -0.05) is 36.0 Å². The van der Waals surface area contributed by atoms with Gasteiger partial charge in [0.25, 0.3) is 0 Å². The van der Waals surface area contributed by atoms with Crippen LogP contribution in [0.25, 0.3) is 0 Å². The number of hydrogen-bond acceptors (Lipinski definition) is 4. The molecule has 4 rings (SSSR count). The summed E-state index contributed by atoms with van der Waals surface area (Å²) in [6.45, 7) is 0. The highest BCUT2D eigenvalue weighted by molar-refractivity contribution is 7.99. The Hall–Kier alpha value is -1.82. The van der Waals surface area contributed by atoms with Gasteiger partial charge < -0.3 is 4.90 Å². The molecule has 0 radical (unpaired) electrons. The molecule has 0 spiro atoms. The van der Waals surface area contributed by atoms with Crippen LogP contribution in [0.4, 0.5) is 0 Å². The van der Waals surface area contributed by atoms with Crippen molar-refractivity contribution < 1.29 is 4.79 Å². The number of aromatic amines is 1. The first-order chi connectivity index (χ1) is 11.3. The van der Waals surface area contributed by atoms with Gasteiger partial charge in [-0.2, -0.15) is 5.10 Å². The maximum Gasteiger partial charge on any atom is 0.233 e. The number of aromatic nitrogens is 3. The van der Waals surface area contributed by atoms with Crippen LogP contribution in [0.15, 0.2) is 35.7 Å². The number of thioether (sulfide) groups is 1. The number of rotatable bonds is 5. The minimum Gasteiger partial charge on any atom is -0.332 e. The van der Waals surface area contributed by atoms with Gasteiger partial charge in [0.2, 0.25) is 5.91 Å². The molecule has 1 fully saturated rings. The second-order valence-electron chi connectivity index (χ2n) is 6.22. The topological polar surface area (TPSA) is 61.9 Å². The molecule has 1 amide bonds. The monoisotopic (exact) mass is 328 g/mol. The average Bonchev–Trinajstić information content (AvgIpc) is 3.27. The number of nitrogens with zero attached hydrogens (tertiary/aromatic N) is 3. The van der Waals surface area contributed by atoms with Crippen LogP contribution in [0.3, 0.4) is 0 Å². The van der Waals surface area contributed by atoms with Crippen molar-refractivity contribution >= 4 is 17.7 Å². The number of benzene rings is 1. The fourth-order valence-electron chi connectivity index (χ4n) is 3.47. The number of aryl methyl sites for hydroxylation is 1. The normalized spacial score (nSPS) is 20.1. The summed E-state index contributed by atoms with van der Waals surface area (Å²) < 4.78 is 0. The van der Waals surface area contributed by atoms with Crippen LogP contribution in [0, 0.1) is 0 Å². The summed E-state index contributed by atoms with van der Waals surface area (Å²) in [6, 6.07) is 9.27. The molecular weight excluding hydrogens is 308 g/mol. The number of nitrogens with one attached hydrogen (secondary N) is 1. The summed E-state index contributed by atoms with van der Waals surface area (Å²) >= 11 is 1.43. The molecule has 1 heterocycles. The van der Waals surface area contributed by atoms with E-state index in [4.69, 9.17) is 0 Å². The van der Waals surface area contributed by atoms with Gasteiger partial charge in [0.15, 0.2) is 5.16 Å². The Kier molecular flexibility index (Phi) is 4.08. The quantitative estimate of drug-likeness (QED) is 0.857. The average molecular weight is 328 g/mol. The molecule has 2 aromatic rings. The first-order valence-electron chi connectivity index (χ1n) is 8.20. The minimum absolute atomic E-state index is 0.218. The Labute approximate surface area is 139 Å². The van der Waals surface area contributed by atoms with Crippen LogP contribution in [-0.2, 0) is 11.2 Å². The van der Waals surface area contributed by atoms with E-state index in [9.17, 15) is 4.79 Å². The third kappa shape index (κ3) is 3.13. The van der Waals surface area contributed by atoms with E-state index in [2.05, 4.69) is 44.3 Å². The van der Waals surface area contributed by atoms with Crippen LogP contribution in [0.5, 0.6) is 0 Å². The van der Waals surface area contributed by atoms with E-state index in [1.807, 2.05) is 0 Å². The second-order valence-corrected chi connectivity index (χ2v) is 7.18. The number of fused-ring (bicyclic) bond motifs is 1. The maximum atomic E-state index is 12.9. The minimum atomic E-state index is 0.218. The molecule has 1 saturated carbocycles. The number of hydrogen-bond donors (Lipinski definition) is 1. The van der Waals surface area contributed by atoms with Crippen molar-refractivity contribution in [1.29, 1.82) is 0 Å². The second kappa shape index (κ2) is 6.35. The molecule has 2 aliphatic rings. The Morgan fingerprint density at radius 1 is 1.30 bits per heavy atom. The molecule has 23 heavy (non-hydrogen) atoms. The highest BCUT2D eigenvalue weighted by Crippen LogP contribution is 2.41. The molecule has 0 aliphatic heterocycles. The van der Waals surface area contributed by atoms with E-state index in [1.54, 1.807) is 0 Å². The Balaban J connectivity index is 1.53. The van der Waals surface area contributed by atoms with Crippen molar-refractivity contribution in [2.75, 3.05) is 5.75 Å². The number of H-pyrrole nitrogens is 1. The summed E-state index contributed by atoms with van der Waals surface area (Å²) in [5, 5.41) is 7.34. The molecule has 1 atom stereocenters. The number of amides is 1. The van der Waals surface area contributed by atoms with E-state index in [-0.39, 0.29) is 11.9 Å². The fourth-order valence-corrected chi connectivity index (χ4v) is 4.12. The van der Waals surface area contributed by atoms with Gasteiger partial charge in [0, 0.05) is 6.04 Å². The van der Waals surface area contributed by atoms with Gasteiger partial charge in [0.1, 0.15) is 6.33 Å². The zero-order chi connectivity index (χ0) is 15.6. The maximum absolute atomic E-state index is 12.9. The predicted molar refractivity (Wildman–Crippen MR) is 89.1 cm³/mol. The van der Waals surface area contributed by atoms with Crippen molar-refractivity contribution in [3.63, 3.8) is 0 Å². The molecule has 1 N–H and O–H groups in total. The third-order valence-electron chi connectivity index (χ3n) is 4.63. The first kappa shape index (κ1) is 14.8. The lowest BCUT2D eigenvalue weighted by Crippen LogP contribution is -2.39. The van der Waals surface area contributed by atoms with Gasteiger partial charge in [-0.05, 0) is 43.2 Å². The van der Waals surface area contributed by atoms with Crippen molar-refractivity contribution in [2.24, 2.45) is 0 Å². The van der Waals surface area contributed by atoms with Crippen molar-refractivity contribution in [2.45, 2.75) is 49.3 Å². The van der Waals surface area contributed by atoms with Crippen LogP contribution in [-0.4, -0.2) is 37.8 Å². The van der Waals surface area contributed by atoms with Crippen LogP contribution in [0.1, 0.15) is 42.9 Å². The Morgan fingerprint density at radius 3 is 2.96 bits per heavy atom. The highest BCUT2D eigenvalue weighted by Gasteiger charge is 2.39. The largest absolute Gasteiger partial charge is 0.332 e. The Morgan fingerprint density at radius 2 is 2.17 bits per heavy atom. The smallest absolute Gasteiger partial charge is 0.233 e. The predicted octanol–water partition coefficient (Wildman–Crippen LogP) is 2.97. The molecule has 0 unspecified atom stereocenters. The number of carbonyl (C=O) groups is 1. The summed E-state index contributed by atoms with van der Waals surface area (Å²) in [6.07, 6.45) is 7.11. The van der Waals surface area contributed by atoms with E-state index in [0.717, 1.165) is 32.1 Å². The lowest BCUT2D eigenvalue weighted by atomic mass is 9.86. The molecule has 0 bridgehead atoms. The molecule has 1 aromatic heterocycles. The summed E-state index contributed by atoms with van der Waals surface area (Å²) in [5.74, 6) is 0.639. The lowest BCUT2D eigenvalue weighted by molar-refractivity contribution is -0.131. The lowest BCUT2D eigenvalue weighted by Gasteiger charge is -2.36. The molecule has 2 aliphatic carbocycles. The van der Waals surface area contributed by atoms with Gasteiger partial charge in [-0.25, -0.2) is 4.98 Å². The van der Waals surface area contributed by atoms with Gasteiger partial charge >= 0.3 is 0 Å². The summed E-state index contributed by atoms with van der Waals surface area (Å²) in [4.78, 5) is 19.1. The van der Waals surface area contributed by atoms with Crippen LogP contribution < -0.4 is 0 Å². The van der Waals surface area contributed by atoms with Gasteiger partial charge in [0.05, 0.1) is 11.8 Å². The first-order valence-corrected chi connectivity index (χ1v) is 9.18. The van der Waals surface area contributed by atoms with E-state index < -0.39 is 0 Å². The number of carbonyl (C=O) groups excluding carboxylic acids is 1. The van der Waals surface area contributed by atoms with Crippen molar-refractivity contribution in [3.8, 4) is 0 Å². The summed E-state index contributed by atoms with van der Waals surface area (Å²) in [7, 11) is 0. The fraction of sp³-hybridized carbons (Fsp3) is 0.471. The SMILES string of the molecule is O=C(CSc1ncn[nH]1)N(C1CC1)[C@H]1CCCc2ccccc21. The Bertz CT molecular complexity index is 684. The van der Waals surface area contributed by atoms with E-state index in [0.29, 0.717) is 17.0 Å². The molecule has 5 nitrogen and oxygen atoms in total. The third-order valence-corrected chi connectivity index (χ3v) is 5.49. The zero-order valence-corrected chi connectivity index (χ0v) is 13.8. The van der Waals surface area contributed by atoms with Gasteiger partial charge in [-0.3, -0.25) is 9.89 Å².